The van der Waals surface area contributed by atoms with Gasteiger partial charge >= 0.3 is 0 Å². The highest BCUT2D eigenvalue weighted by Crippen LogP contribution is 2.38. The molecule has 0 saturated carbocycles. The molecule has 11 rings (SSSR count). The van der Waals surface area contributed by atoms with E-state index in [1.165, 1.54) is 54.7 Å². The average Bonchev–Trinajstić information content (AvgIpc) is 3.85. The maximum absolute atomic E-state index is 5.36. The second kappa shape index (κ2) is 15.0. The monoisotopic (exact) mass is 779 g/mol. The molecule has 0 fully saturated rings. The van der Waals surface area contributed by atoms with Gasteiger partial charge in [0, 0.05) is 44.0 Å². The number of aromatic nitrogens is 3. The van der Waals surface area contributed by atoms with E-state index >= 15 is 0 Å². The average molecular weight is 780 g/mol. The van der Waals surface area contributed by atoms with Crippen molar-refractivity contribution < 1.29 is 0 Å². The summed E-state index contributed by atoms with van der Waals surface area (Å²) >= 11 is 0. The molecule has 0 aliphatic carbocycles. The van der Waals surface area contributed by atoms with Crippen LogP contribution in [-0.4, -0.2) is 14.1 Å². The van der Waals surface area contributed by atoms with E-state index in [0.717, 1.165) is 56.2 Å². The number of hydrogen-bond acceptors (Lipinski definition) is 1. The van der Waals surface area contributed by atoms with Crippen molar-refractivity contribution in [3.8, 4) is 44.9 Å². The molecule has 61 heavy (non-hydrogen) atoms. The van der Waals surface area contributed by atoms with E-state index in [1.54, 1.807) is 0 Å². The lowest BCUT2D eigenvalue weighted by Crippen LogP contribution is -1.98. The Kier molecular flexibility index (Phi) is 8.87. The molecule has 0 aliphatic heterocycles. The molecular formula is C58H41N3. The van der Waals surface area contributed by atoms with Gasteiger partial charge < -0.3 is 9.13 Å². The first-order valence-corrected chi connectivity index (χ1v) is 20.8. The lowest BCUT2D eigenvalue weighted by molar-refractivity contribution is 1.18. The number of rotatable bonds is 8. The van der Waals surface area contributed by atoms with E-state index in [4.69, 9.17) is 4.98 Å². The van der Waals surface area contributed by atoms with Gasteiger partial charge in [-0.3, -0.25) is 0 Å². The van der Waals surface area contributed by atoms with Gasteiger partial charge in [-0.2, -0.15) is 0 Å². The Labute approximate surface area is 355 Å². The summed E-state index contributed by atoms with van der Waals surface area (Å²) in [4.78, 5) is 5.36. The zero-order valence-corrected chi connectivity index (χ0v) is 33.8. The fraction of sp³-hybridized carbons (Fsp3) is 0.0172. The maximum atomic E-state index is 5.36. The van der Waals surface area contributed by atoms with Gasteiger partial charge in [-0.15, -0.1) is 0 Å². The van der Waals surface area contributed by atoms with Gasteiger partial charge in [0.2, 0.25) is 0 Å². The molecule has 0 spiro atoms. The second-order valence-corrected chi connectivity index (χ2v) is 15.7. The molecule has 3 heterocycles. The van der Waals surface area contributed by atoms with Crippen LogP contribution in [0.5, 0.6) is 0 Å². The first kappa shape index (κ1) is 36.1. The molecular weight excluding hydrogens is 739 g/mol. The third kappa shape index (κ3) is 6.27. The van der Waals surface area contributed by atoms with E-state index in [-0.39, 0.29) is 0 Å². The van der Waals surface area contributed by atoms with Crippen molar-refractivity contribution in [1.82, 2.24) is 14.1 Å². The van der Waals surface area contributed by atoms with Crippen molar-refractivity contribution in [3.05, 3.63) is 230 Å². The van der Waals surface area contributed by atoms with Crippen LogP contribution in [0.15, 0.2) is 213 Å². The smallest absolute Gasteiger partial charge is 0.0716 e. The van der Waals surface area contributed by atoms with Gasteiger partial charge in [-0.05, 0) is 107 Å². The lowest BCUT2D eigenvalue weighted by Gasteiger charge is -2.16. The SMILES string of the molecule is C=Cc1nc(-c2cccc(-n3c4ccccc4c4ccccc43)c2)cc(-c2ccc(-c3ccccc3)cc2)c1/C=C(\C)c1cccc(-n2c3ccccc3c3ccccc32)c1. The third-order valence-corrected chi connectivity index (χ3v) is 12.1. The van der Waals surface area contributed by atoms with Crippen LogP contribution in [0.25, 0.3) is 106 Å². The first-order valence-electron chi connectivity index (χ1n) is 20.8. The number of hydrogen-bond donors (Lipinski definition) is 0. The fourth-order valence-corrected chi connectivity index (χ4v) is 9.14. The predicted molar refractivity (Wildman–Crippen MR) is 259 cm³/mol. The molecule has 0 radical (unpaired) electrons. The van der Waals surface area contributed by atoms with Gasteiger partial charge in [0.05, 0.1) is 33.5 Å². The summed E-state index contributed by atoms with van der Waals surface area (Å²) in [6.07, 6.45) is 4.18. The van der Waals surface area contributed by atoms with Gasteiger partial charge in [0.1, 0.15) is 0 Å². The minimum Gasteiger partial charge on any atom is -0.309 e. The van der Waals surface area contributed by atoms with Crippen LogP contribution < -0.4 is 0 Å². The third-order valence-electron chi connectivity index (χ3n) is 12.1. The summed E-state index contributed by atoms with van der Waals surface area (Å²) in [5, 5.41) is 4.98. The van der Waals surface area contributed by atoms with Crippen LogP contribution in [0.2, 0.25) is 0 Å². The largest absolute Gasteiger partial charge is 0.309 e. The Morgan fingerprint density at radius 2 is 0.902 bits per heavy atom. The highest BCUT2D eigenvalue weighted by Gasteiger charge is 2.17. The molecule has 3 nitrogen and oxygen atoms in total. The Morgan fingerprint density at radius 1 is 0.443 bits per heavy atom. The Bertz CT molecular complexity index is 3380. The molecule has 0 amide bonds. The molecule has 0 unspecified atom stereocenters. The van der Waals surface area contributed by atoms with E-state index in [9.17, 15) is 0 Å². The summed E-state index contributed by atoms with van der Waals surface area (Å²) in [7, 11) is 0. The molecule has 0 atom stereocenters. The van der Waals surface area contributed by atoms with Gasteiger partial charge in [-0.1, -0.05) is 158 Å². The highest BCUT2D eigenvalue weighted by atomic mass is 15.0. The van der Waals surface area contributed by atoms with Crippen LogP contribution in [0.1, 0.15) is 23.7 Å². The summed E-state index contributed by atoms with van der Waals surface area (Å²) in [6.45, 7) is 6.53. The van der Waals surface area contributed by atoms with Gasteiger partial charge in [0.15, 0.2) is 0 Å². The van der Waals surface area contributed by atoms with Gasteiger partial charge in [-0.25, -0.2) is 4.98 Å². The van der Waals surface area contributed by atoms with Crippen LogP contribution in [0, 0.1) is 0 Å². The van der Waals surface area contributed by atoms with E-state index < -0.39 is 0 Å². The molecule has 0 aliphatic rings. The highest BCUT2D eigenvalue weighted by molar-refractivity contribution is 6.10. The summed E-state index contributed by atoms with van der Waals surface area (Å²) in [5.74, 6) is 0. The molecule has 0 bridgehead atoms. The van der Waals surface area contributed by atoms with Crippen molar-refractivity contribution >= 4 is 61.3 Å². The minimum atomic E-state index is 0.833. The van der Waals surface area contributed by atoms with Crippen molar-refractivity contribution in [2.75, 3.05) is 0 Å². The lowest BCUT2D eigenvalue weighted by atomic mass is 9.92. The number of benzene rings is 8. The molecule has 0 saturated heterocycles. The Morgan fingerprint density at radius 3 is 1.46 bits per heavy atom. The summed E-state index contributed by atoms with van der Waals surface area (Å²) in [6, 6.07) is 73.9. The first-order chi connectivity index (χ1) is 30.1. The normalized spacial score (nSPS) is 11.9. The summed E-state index contributed by atoms with van der Waals surface area (Å²) < 4.78 is 4.74. The number of allylic oxidation sites excluding steroid dienone is 1. The number of pyridine rings is 1. The topological polar surface area (TPSA) is 22.8 Å². The Balaban J connectivity index is 1.06. The Hall–Kier alpha value is -8.01. The van der Waals surface area contributed by atoms with E-state index in [0.29, 0.717) is 0 Å². The maximum Gasteiger partial charge on any atom is 0.0716 e. The number of fused-ring (bicyclic) bond motifs is 6. The molecule has 8 aromatic carbocycles. The predicted octanol–water partition coefficient (Wildman–Crippen LogP) is 15.5. The number of nitrogens with zero attached hydrogens (tertiary/aromatic N) is 3. The fourth-order valence-electron chi connectivity index (χ4n) is 9.14. The van der Waals surface area contributed by atoms with Crippen LogP contribution in [0.3, 0.4) is 0 Å². The van der Waals surface area contributed by atoms with Crippen LogP contribution in [-0.2, 0) is 0 Å². The quantitative estimate of drug-likeness (QED) is 0.151. The van der Waals surface area contributed by atoms with E-state index in [1.807, 2.05) is 6.08 Å². The molecule has 3 aromatic heterocycles. The molecule has 0 N–H and O–H groups in total. The second-order valence-electron chi connectivity index (χ2n) is 15.7. The van der Waals surface area contributed by atoms with Crippen molar-refractivity contribution in [1.29, 1.82) is 0 Å². The van der Waals surface area contributed by atoms with E-state index in [2.05, 4.69) is 235 Å². The zero-order chi connectivity index (χ0) is 40.9. The van der Waals surface area contributed by atoms with Crippen molar-refractivity contribution in [2.24, 2.45) is 0 Å². The molecule has 288 valence electrons. The molecule has 3 heteroatoms. The minimum absolute atomic E-state index is 0.833. The van der Waals surface area contributed by atoms with Gasteiger partial charge in [0.25, 0.3) is 0 Å². The van der Waals surface area contributed by atoms with Crippen LogP contribution >= 0.6 is 0 Å². The van der Waals surface area contributed by atoms with Crippen molar-refractivity contribution in [2.45, 2.75) is 6.92 Å². The number of para-hydroxylation sites is 4. The van der Waals surface area contributed by atoms with Crippen molar-refractivity contribution in [3.63, 3.8) is 0 Å². The standard InChI is InChI=1S/C58H41N3/c1-3-53-52(35-39(2)43-19-15-21-45(36-43)60-55-27-11-7-23-47(55)48-24-8-12-28-56(48)60)51(42-33-31-41(32-34-42)40-17-5-4-6-18-40)38-54(59-53)44-20-16-22-46(37-44)61-57-29-13-9-25-49(57)50-26-10-14-30-58(50)61/h3-38H,1H2,2H3/b39-35+. The zero-order valence-electron chi connectivity index (χ0n) is 33.8. The van der Waals surface area contributed by atoms with Crippen LogP contribution in [0.4, 0.5) is 0 Å². The molecule has 11 aromatic rings. The summed E-state index contributed by atoms with van der Waals surface area (Å²) in [5.41, 5.74) is 17.6.